The summed E-state index contributed by atoms with van der Waals surface area (Å²) in [5, 5.41) is 0. The Morgan fingerprint density at radius 1 is 0.553 bits per heavy atom. The lowest BCUT2D eigenvalue weighted by molar-refractivity contribution is 0.667. The van der Waals surface area contributed by atoms with Crippen LogP contribution in [0.3, 0.4) is 0 Å². The van der Waals surface area contributed by atoms with Gasteiger partial charge in [0, 0.05) is 9.75 Å². The minimum Gasteiger partial charge on any atom is -0.128 e. The van der Waals surface area contributed by atoms with E-state index in [-0.39, 0.29) is 0 Å². The van der Waals surface area contributed by atoms with Gasteiger partial charge < -0.3 is 0 Å². The first-order valence-electron chi connectivity index (χ1n) is 14.0. The highest BCUT2D eigenvalue weighted by atomic mass is 79.9. The summed E-state index contributed by atoms with van der Waals surface area (Å²) in [7, 11) is 0. The van der Waals surface area contributed by atoms with Crippen LogP contribution in [0, 0.1) is 0 Å². The zero-order valence-corrected chi connectivity index (χ0v) is 27.4. The lowest BCUT2D eigenvalue weighted by Crippen LogP contribution is -1.83. The van der Waals surface area contributed by atoms with Gasteiger partial charge in [0.1, 0.15) is 0 Å². The Labute approximate surface area is 254 Å². The van der Waals surface area contributed by atoms with Crippen molar-refractivity contribution < 1.29 is 0 Å². The van der Waals surface area contributed by atoms with Gasteiger partial charge in [-0.1, -0.05) is 113 Å². The second-order valence-corrected chi connectivity index (χ2v) is 14.8. The van der Waals surface area contributed by atoms with Crippen molar-refractivity contribution in [1.82, 2.24) is 0 Å². The third kappa shape index (κ3) is 8.52. The highest BCUT2D eigenvalue weighted by molar-refractivity contribution is 9.11. The molecule has 0 spiro atoms. The molecule has 0 aliphatic heterocycles. The largest absolute Gasteiger partial charge is 0.128 e. The van der Waals surface area contributed by atoms with Gasteiger partial charge in [-0.3, -0.25) is 0 Å². The van der Waals surface area contributed by atoms with Crippen molar-refractivity contribution in [3.63, 3.8) is 0 Å². The van der Waals surface area contributed by atoms with Gasteiger partial charge in [0.25, 0.3) is 0 Å². The van der Waals surface area contributed by atoms with Crippen molar-refractivity contribution >= 4 is 66.7 Å². The normalized spacial score (nSPS) is 11.6. The Kier molecular flexibility index (Phi) is 11.9. The molecule has 0 radical (unpaired) electrons. The first-order chi connectivity index (χ1) is 18.6. The molecule has 0 fully saturated rings. The zero-order chi connectivity index (χ0) is 26.7. The number of thiophene rings is 2. The molecule has 0 atom stereocenters. The Morgan fingerprint density at radius 2 is 0.947 bits per heavy atom. The second-order valence-electron chi connectivity index (χ2n) is 10.0. The Bertz CT molecular complexity index is 1190. The summed E-state index contributed by atoms with van der Waals surface area (Å²) < 4.78 is 2.57. The van der Waals surface area contributed by atoms with Crippen LogP contribution >= 0.6 is 54.5 Å². The van der Waals surface area contributed by atoms with Crippen LogP contribution < -0.4 is 0 Å². The summed E-state index contributed by atoms with van der Waals surface area (Å²) in [6.45, 7) is 4.53. The summed E-state index contributed by atoms with van der Waals surface area (Å²) in [5.41, 5.74) is 7.94. The quantitative estimate of drug-likeness (QED) is 0.0925. The fourth-order valence-electron chi connectivity index (χ4n) is 4.63. The Morgan fingerprint density at radius 3 is 1.32 bits per heavy atom. The molecule has 0 aliphatic rings. The molecule has 38 heavy (non-hydrogen) atoms. The SMILES string of the molecule is CCCCCCc1cc(-c2ccc(C=Cc3ccc(-c4cc(CCCCCC)c(Br)s4)cc3)cc2)sc1Br. The van der Waals surface area contributed by atoms with Crippen LogP contribution in [-0.2, 0) is 12.8 Å². The van der Waals surface area contributed by atoms with E-state index >= 15 is 0 Å². The van der Waals surface area contributed by atoms with Gasteiger partial charge in [-0.15, -0.1) is 22.7 Å². The first kappa shape index (κ1) is 29.5. The fraction of sp³-hybridized carbons (Fsp3) is 0.353. The van der Waals surface area contributed by atoms with Crippen LogP contribution in [-0.4, -0.2) is 0 Å². The van der Waals surface area contributed by atoms with Crippen LogP contribution in [0.1, 0.15) is 87.5 Å². The van der Waals surface area contributed by atoms with Crippen LogP contribution in [0.4, 0.5) is 0 Å². The van der Waals surface area contributed by atoms with E-state index in [9.17, 15) is 0 Å². The predicted octanol–water partition coefficient (Wildman–Crippen LogP) is 13.1. The topological polar surface area (TPSA) is 0 Å². The molecule has 2 heterocycles. The van der Waals surface area contributed by atoms with Crippen molar-refractivity contribution in [2.45, 2.75) is 78.1 Å². The van der Waals surface area contributed by atoms with Crippen molar-refractivity contribution in [2.24, 2.45) is 0 Å². The zero-order valence-electron chi connectivity index (χ0n) is 22.6. The van der Waals surface area contributed by atoms with Crippen LogP contribution in [0.5, 0.6) is 0 Å². The maximum atomic E-state index is 3.79. The Hall–Kier alpha value is -1.46. The van der Waals surface area contributed by atoms with Gasteiger partial charge in [-0.05, 0) is 103 Å². The number of aryl methyl sites for hydroxylation is 2. The summed E-state index contributed by atoms with van der Waals surface area (Å²) >= 11 is 11.3. The van der Waals surface area contributed by atoms with Gasteiger partial charge in [-0.2, -0.15) is 0 Å². The minimum absolute atomic E-state index is 1.17. The molecule has 0 bridgehead atoms. The molecule has 0 saturated heterocycles. The van der Waals surface area contributed by atoms with E-state index < -0.39 is 0 Å². The third-order valence-electron chi connectivity index (χ3n) is 6.97. The van der Waals surface area contributed by atoms with Gasteiger partial charge in [-0.25, -0.2) is 0 Å². The van der Waals surface area contributed by atoms with E-state index in [1.807, 2.05) is 22.7 Å². The number of hydrogen-bond donors (Lipinski definition) is 0. The fourth-order valence-corrected chi connectivity index (χ4v) is 8.18. The minimum atomic E-state index is 1.17. The molecule has 2 aromatic heterocycles. The lowest BCUT2D eigenvalue weighted by Gasteiger charge is -2.01. The molecule has 0 unspecified atom stereocenters. The number of rotatable bonds is 14. The van der Waals surface area contributed by atoms with E-state index in [0.717, 1.165) is 0 Å². The Balaban J connectivity index is 1.34. The van der Waals surface area contributed by atoms with E-state index in [0.29, 0.717) is 0 Å². The molecule has 0 aliphatic carbocycles. The van der Waals surface area contributed by atoms with Gasteiger partial charge >= 0.3 is 0 Å². The molecule has 0 nitrogen and oxygen atoms in total. The summed E-state index contributed by atoms with van der Waals surface area (Å²) in [6.07, 6.45) is 17.2. The molecule has 0 amide bonds. The van der Waals surface area contributed by atoms with Crippen molar-refractivity contribution in [3.05, 3.63) is 90.5 Å². The molecule has 0 N–H and O–H groups in total. The van der Waals surface area contributed by atoms with E-state index in [2.05, 4.69) is 119 Å². The van der Waals surface area contributed by atoms with Gasteiger partial charge in [0.2, 0.25) is 0 Å². The van der Waals surface area contributed by atoms with Gasteiger partial charge in [0.05, 0.1) is 7.57 Å². The summed E-state index contributed by atoms with van der Waals surface area (Å²) in [5.74, 6) is 0. The maximum absolute atomic E-state index is 3.79. The van der Waals surface area contributed by atoms with Crippen molar-refractivity contribution in [1.29, 1.82) is 0 Å². The van der Waals surface area contributed by atoms with Crippen molar-refractivity contribution in [2.75, 3.05) is 0 Å². The highest BCUT2D eigenvalue weighted by Gasteiger charge is 2.10. The van der Waals surface area contributed by atoms with Crippen LogP contribution in [0.2, 0.25) is 0 Å². The van der Waals surface area contributed by atoms with Crippen LogP contribution in [0.15, 0.2) is 68.2 Å². The molecule has 0 saturated carbocycles. The molecular formula is C34H38Br2S2. The molecule has 200 valence electrons. The number of unbranched alkanes of at least 4 members (excludes halogenated alkanes) is 6. The van der Waals surface area contributed by atoms with E-state index in [1.165, 1.54) is 115 Å². The summed E-state index contributed by atoms with van der Waals surface area (Å²) in [4.78, 5) is 2.69. The molecule has 4 rings (SSSR count). The smallest absolute Gasteiger partial charge is 0.0737 e. The number of halogens is 2. The standard InChI is InChI=1S/C34H38Br2S2/c1-3-5-7-9-11-29-23-31(37-33(29)35)27-19-15-25(16-20-27)13-14-26-17-21-28(22-18-26)32-24-30(34(36)38-32)12-10-8-6-4-2/h13-24H,3-12H2,1-2H3. The lowest BCUT2D eigenvalue weighted by atomic mass is 10.1. The van der Waals surface area contributed by atoms with E-state index in [1.54, 1.807) is 0 Å². The van der Waals surface area contributed by atoms with E-state index in [4.69, 9.17) is 0 Å². The predicted molar refractivity (Wildman–Crippen MR) is 180 cm³/mol. The molecule has 4 aromatic rings. The van der Waals surface area contributed by atoms with Crippen molar-refractivity contribution in [3.8, 4) is 20.9 Å². The number of benzene rings is 2. The average molecular weight is 671 g/mol. The highest BCUT2D eigenvalue weighted by Crippen LogP contribution is 2.37. The third-order valence-corrected chi connectivity index (χ3v) is 11.0. The van der Waals surface area contributed by atoms with Gasteiger partial charge in [0.15, 0.2) is 0 Å². The molecular weight excluding hydrogens is 632 g/mol. The maximum Gasteiger partial charge on any atom is 0.0737 e. The summed E-state index contributed by atoms with van der Waals surface area (Å²) in [6, 6.07) is 22.6. The second kappa shape index (κ2) is 15.4. The average Bonchev–Trinajstić information content (AvgIpc) is 3.50. The monoisotopic (exact) mass is 668 g/mol. The molecule has 2 aromatic carbocycles. The van der Waals surface area contributed by atoms with Crippen LogP contribution in [0.25, 0.3) is 33.0 Å². The molecule has 4 heteroatoms. The number of hydrogen-bond acceptors (Lipinski definition) is 2. The first-order valence-corrected chi connectivity index (χ1v) is 17.2.